The molecule has 0 aromatic heterocycles. The van der Waals surface area contributed by atoms with Crippen molar-refractivity contribution in [3.05, 3.63) is 0 Å². The highest BCUT2D eigenvalue weighted by Crippen LogP contribution is 2.03. The van der Waals surface area contributed by atoms with Crippen LogP contribution in [-0.4, -0.2) is 39.0 Å². The maximum Gasteiger partial charge on any atom is 0.0932 e. The molecule has 0 aliphatic rings. The van der Waals surface area contributed by atoms with E-state index < -0.39 is 0 Å². The maximum absolute atomic E-state index is 5.83. The van der Waals surface area contributed by atoms with Crippen LogP contribution >= 0.6 is 0 Å². The third-order valence-corrected chi connectivity index (χ3v) is 2.71. The number of ether oxygens (including phenoxy) is 2. The summed E-state index contributed by atoms with van der Waals surface area (Å²) >= 11 is 0. The monoisotopic (exact) mass is 245 g/mol. The Labute approximate surface area is 107 Å². The van der Waals surface area contributed by atoms with Gasteiger partial charge < -0.3 is 14.8 Å². The first-order valence-corrected chi connectivity index (χ1v) is 7.04. The summed E-state index contributed by atoms with van der Waals surface area (Å²) in [5.41, 5.74) is 0. The summed E-state index contributed by atoms with van der Waals surface area (Å²) in [6.07, 6.45) is 6.61. The minimum absolute atomic E-state index is 0.188. The summed E-state index contributed by atoms with van der Waals surface area (Å²) < 4.78 is 11.0. The van der Waals surface area contributed by atoms with Crippen molar-refractivity contribution < 1.29 is 9.47 Å². The van der Waals surface area contributed by atoms with Crippen LogP contribution in [0.4, 0.5) is 0 Å². The first kappa shape index (κ1) is 16.9. The van der Waals surface area contributed by atoms with Crippen LogP contribution in [0.15, 0.2) is 0 Å². The molecule has 3 heteroatoms. The van der Waals surface area contributed by atoms with E-state index in [4.69, 9.17) is 9.47 Å². The molecule has 1 unspecified atom stereocenters. The van der Waals surface area contributed by atoms with Gasteiger partial charge in [0.25, 0.3) is 0 Å². The highest BCUT2D eigenvalue weighted by molar-refractivity contribution is 4.63. The number of nitrogens with one attached hydrogen (secondary N) is 1. The Bertz CT molecular complexity index is 151. The second kappa shape index (κ2) is 12.3. The smallest absolute Gasteiger partial charge is 0.0932 e. The summed E-state index contributed by atoms with van der Waals surface area (Å²) in [4.78, 5) is 0. The lowest BCUT2D eigenvalue weighted by atomic mass is 10.2. The average Bonchev–Trinajstić information content (AvgIpc) is 2.30. The van der Waals surface area contributed by atoms with E-state index in [1.165, 1.54) is 32.1 Å². The first-order valence-electron chi connectivity index (χ1n) is 7.04. The second-order valence-corrected chi connectivity index (χ2v) is 4.93. The Kier molecular flexibility index (Phi) is 12.3. The Morgan fingerprint density at radius 1 is 1.06 bits per heavy atom. The van der Waals surface area contributed by atoms with Crippen LogP contribution in [0.3, 0.4) is 0 Å². The molecular weight excluding hydrogens is 214 g/mol. The fraction of sp³-hybridized carbons (Fsp3) is 1.00. The quantitative estimate of drug-likeness (QED) is 0.536. The predicted molar refractivity (Wildman–Crippen MR) is 73.5 cm³/mol. The predicted octanol–water partition coefficient (Wildman–Crippen LogP) is 2.99. The third-order valence-electron chi connectivity index (χ3n) is 2.71. The van der Waals surface area contributed by atoms with Gasteiger partial charge in [0, 0.05) is 26.3 Å². The van der Waals surface area contributed by atoms with Gasteiger partial charge in [0.2, 0.25) is 0 Å². The van der Waals surface area contributed by atoms with E-state index in [9.17, 15) is 0 Å². The van der Waals surface area contributed by atoms with Gasteiger partial charge in [-0.3, -0.25) is 0 Å². The largest absolute Gasteiger partial charge is 0.382 e. The van der Waals surface area contributed by atoms with Crippen molar-refractivity contribution >= 4 is 0 Å². The molecule has 0 aliphatic heterocycles. The average molecular weight is 245 g/mol. The van der Waals surface area contributed by atoms with Crippen molar-refractivity contribution in [2.45, 2.75) is 65.0 Å². The Morgan fingerprint density at radius 3 is 2.35 bits per heavy atom. The van der Waals surface area contributed by atoms with Gasteiger partial charge in [-0.25, -0.2) is 0 Å². The molecule has 3 nitrogen and oxygen atoms in total. The minimum Gasteiger partial charge on any atom is -0.382 e. The molecule has 104 valence electrons. The van der Waals surface area contributed by atoms with E-state index >= 15 is 0 Å². The number of unbranched alkanes of at least 4 members (excludes halogenated alkanes) is 4. The molecule has 0 saturated heterocycles. The van der Waals surface area contributed by atoms with Crippen LogP contribution in [0.25, 0.3) is 0 Å². The molecule has 0 fully saturated rings. The lowest BCUT2D eigenvalue weighted by Gasteiger charge is -2.19. The molecule has 0 rings (SSSR count). The molecular formula is C14H31NO2. The van der Waals surface area contributed by atoms with Crippen molar-refractivity contribution in [3.8, 4) is 0 Å². The van der Waals surface area contributed by atoms with Gasteiger partial charge in [-0.05, 0) is 6.42 Å². The Balaban J connectivity index is 3.48. The first-order chi connectivity index (χ1) is 8.20. The number of rotatable bonds is 12. The maximum atomic E-state index is 5.83. The minimum atomic E-state index is 0.188. The van der Waals surface area contributed by atoms with Crippen LogP contribution < -0.4 is 5.32 Å². The Hall–Kier alpha value is -0.120. The van der Waals surface area contributed by atoms with Crippen LogP contribution in [0.2, 0.25) is 0 Å². The molecule has 1 N–H and O–H groups in total. The molecule has 17 heavy (non-hydrogen) atoms. The number of methoxy groups -OCH3 is 1. The topological polar surface area (TPSA) is 30.5 Å². The highest BCUT2D eigenvalue weighted by atomic mass is 16.5. The molecule has 0 bridgehead atoms. The van der Waals surface area contributed by atoms with E-state index in [1.807, 2.05) is 0 Å². The van der Waals surface area contributed by atoms with Crippen LogP contribution in [-0.2, 0) is 9.47 Å². The lowest BCUT2D eigenvalue weighted by molar-refractivity contribution is -0.00329. The van der Waals surface area contributed by atoms with E-state index in [0.717, 1.165) is 13.2 Å². The molecule has 0 amide bonds. The molecule has 0 saturated carbocycles. The van der Waals surface area contributed by atoms with Gasteiger partial charge in [0.15, 0.2) is 0 Å². The van der Waals surface area contributed by atoms with Gasteiger partial charge >= 0.3 is 0 Å². The highest BCUT2D eigenvalue weighted by Gasteiger charge is 2.08. The normalized spacial score (nSPS) is 13.2. The van der Waals surface area contributed by atoms with Crippen LogP contribution in [0.5, 0.6) is 0 Å². The standard InChI is InChI=1S/C14H31NO2/c1-5-6-7-8-9-10-17-14(12-16-4)11-15-13(2)3/h13-15H,5-12H2,1-4H3. The van der Waals surface area contributed by atoms with Crippen molar-refractivity contribution in [3.63, 3.8) is 0 Å². The molecule has 0 radical (unpaired) electrons. The zero-order valence-corrected chi connectivity index (χ0v) is 12.1. The van der Waals surface area contributed by atoms with Crippen LogP contribution in [0, 0.1) is 0 Å². The fourth-order valence-electron chi connectivity index (χ4n) is 1.67. The number of hydrogen-bond acceptors (Lipinski definition) is 3. The molecule has 0 aliphatic carbocycles. The van der Waals surface area contributed by atoms with E-state index in [0.29, 0.717) is 12.6 Å². The van der Waals surface area contributed by atoms with Crippen molar-refractivity contribution in [2.24, 2.45) is 0 Å². The van der Waals surface area contributed by atoms with Gasteiger partial charge in [-0.2, -0.15) is 0 Å². The Morgan fingerprint density at radius 2 is 1.76 bits per heavy atom. The SMILES string of the molecule is CCCCCCCOC(CNC(C)C)COC. The number of hydrogen-bond donors (Lipinski definition) is 1. The van der Waals surface area contributed by atoms with Gasteiger partial charge in [0.05, 0.1) is 12.7 Å². The molecule has 0 spiro atoms. The van der Waals surface area contributed by atoms with Gasteiger partial charge in [0.1, 0.15) is 0 Å². The molecule has 0 heterocycles. The molecule has 1 atom stereocenters. The lowest BCUT2D eigenvalue weighted by Crippen LogP contribution is -2.36. The van der Waals surface area contributed by atoms with Crippen molar-refractivity contribution in [1.82, 2.24) is 5.32 Å². The molecule has 0 aromatic rings. The summed E-state index contributed by atoms with van der Waals surface area (Å²) in [5, 5.41) is 3.39. The second-order valence-electron chi connectivity index (χ2n) is 4.93. The van der Waals surface area contributed by atoms with Crippen molar-refractivity contribution in [2.75, 3.05) is 26.9 Å². The summed E-state index contributed by atoms with van der Waals surface area (Å²) in [5.74, 6) is 0. The summed E-state index contributed by atoms with van der Waals surface area (Å²) in [6, 6.07) is 0.502. The van der Waals surface area contributed by atoms with E-state index in [-0.39, 0.29) is 6.10 Å². The molecule has 0 aromatic carbocycles. The zero-order chi connectivity index (χ0) is 12.9. The van der Waals surface area contributed by atoms with Crippen LogP contribution in [0.1, 0.15) is 52.9 Å². The fourth-order valence-corrected chi connectivity index (χ4v) is 1.67. The van der Waals surface area contributed by atoms with E-state index in [1.54, 1.807) is 7.11 Å². The van der Waals surface area contributed by atoms with Crippen molar-refractivity contribution in [1.29, 1.82) is 0 Å². The zero-order valence-electron chi connectivity index (χ0n) is 12.1. The van der Waals surface area contributed by atoms with E-state index in [2.05, 4.69) is 26.1 Å². The third kappa shape index (κ3) is 12.1. The van der Waals surface area contributed by atoms with Gasteiger partial charge in [-0.1, -0.05) is 46.5 Å². The van der Waals surface area contributed by atoms with Gasteiger partial charge in [-0.15, -0.1) is 0 Å². The summed E-state index contributed by atoms with van der Waals surface area (Å²) in [6.45, 7) is 8.94. The summed E-state index contributed by atoms with van der Waals surface area (Å²) in [7, 11) is 1.73.